The van der Waals surface area contributed by atoms with Gasteiger partial charge in [0.15, 0.2) is 0 Å². The third-order valence-corrected chi connectivity index (χ3v) is 4.53. The molecule has 0 heterocycles. The Labute approximate surface area is 118 Å². The van der Waals surface area contributed by atoms with Crippen molar-refractivity contribution in [3.8, 4) is 0 Å². The van der Waals surface area contributed by atoms with Gasteiger partial charge in [-0.25, -0.2) is 0 Å². The average Bonchev–Trinajstić information content (AvgIpc) is 2.35. The largest absolute Gasteiger partial charge is 0.388 e. The molecule has 0 saturated heterocycles. The number of aryl methyl sites for hydroxylation is 2. The van der Waals surface area contributed by atoms with E-state index in [9.17, 15) is 5.11 Å². The van der Waals surface area contributed by atoms with E-state index < -0.39 is 6.10 Å². The molecule has 3 rings (SSSR count). The highest BCUT2D eigenvalue weighted by Crippen LogP contribution is 2.45. The zero-order valence-electron chi connectivity index (χ0n) is 11.2. The molecule has 98 valence electrons. The summed E-state index contributed by atoms with van der Waals surface area (Å²) in [6, 6.07) is 12.3. The predicted octanol–water partition coefficient (Wildman–Crippen LogP) is 4.33. The molecular formula is C17H17ClO. The van der Waals surface area contributed by atoms with Crippen molar-refractivity contribution in [2.24, 2.45) is 0 Å². The Bertz CT molecular complexity index is 633. The summed E-state index contributed by atoms with van der Waals surface area (Å²) in [5.74, 6) is 0.177. The Kier molecular flexibility index (Phi) is 3.12. The van der Waals surface area contributed by atoms with Crippen molar-refractivity contribution < 1.29 is 5.11 Å². The minimum Gasteiger partial charge on any atom is -0.388 e. The van der Waals surface area contributed by atoms with Crippen LogP contribution in [0.15, 0.2) is 36.4 Å². The lowest BCUT2D eigenvalue weighted by molar-refractivity contribution is 0.134. The summed E-state index contributed by atoms with van der Waals surface area (Å²) >= 11 is 6.29. The minimum atomic E-state index is -0.512. The molecule has 0 bridgehead atoms. The van der Waals surface area contributed by atoms with Gasteiger partial charge in [-0.05, 0) is 54.2 Å². The molecule has 19 heavy (non-hydrogen) atoms. The number of rotatable bonds is 2. The normalized spacial score (nSPS) is 18.6. The number of aliphatic hydroxyl groups is 1. The first-order valence-electron chi connectivity index (χ1n) is 6.60. The van der Waals surface area contributed by atoms with Crippen LogP contribution in [0.25, 0.3) is 0 Å². The quantitative estimate of drug-likeness (QED) is 0.863. The molecule has 0 saturated carbocycles. The van der Waals surface area contributed by atoms with Gasteiger partial charge in [-0.1, -0.05) is 41.9 Å². The smallest absolute Gasteiger partial charge is 0.0876 e. The Hall–Kier alpha value is -1.31. The molecule has 0 spiro atoms. The van der Waals surface area contributed by atoms with Gasteiger partial charge in [-0.3, -0.25) is 0 Å². The molecule has 2 heteroatoms. The lowest BCUT2D eigenvalue weighted by Gasteiger charge is -2.34. The van der Waals surface area contributed by atoms with E-state index in [2.05, 4.69) is 19.1 Å². The van der Waals surface area contributed by atoms with Crippen LogP contribution in [0.4, 0.5) is 0 Å². The molecule has 0 amide bonds. The van der Waals surface area contributed by atoms with Gasteiger partial charge in [0.05, 0.1) is 6.10 Å². The Morgan fingerprint density at radius 3 is 2.58 bits per heavy atom. The molecule has 1 aliphatic rings. The third kappa shape index (κ3) is 2.07. The van der Waals surface area contributed by atoms with Crippen molar-refractivity contribution in [2.75, 3.05) is 0 Å². The van der Waals surface area contributed by atoms with Crippen LogP contribution in [0.5, 0.6) is 0 Å². The van der Waals surface area contributed by atoms with Crippen LogP contribution < -0.4 is 0 Å². The van der Waals surface area contributed by atoms with Crippen LogP contribution in [-0.2, 0) is 6.42 Å². The van der Waals surface area contributed by atoms with Crippen LogP contribution in [0.2, 0.25) is 5.02 Å². The Balaban J connectivity index is 1.94. The van der Waals surface area contributed by atoms with Crippen LogP contribution in [0.3, 0.4) is 0 Å². The van der Waals surface area contributed by atoms with Crippen molar-refractivity contribution >= 4 is 11.6 Å². The Morgan fingerprint density at radius 1 is 1.16 bits per heavy atom. The maximum Gasteiger partial charge on any atom is 0.0876 e. The summed E-state index contributed by atoms with van der Waals surface area (Å²) in [4.78, 5) is 0. The number of hydrogen-bond acceptors (Lipinski definition) is 1. The van der Waals surface area contributed by atoms with Gasteiger partial charge in [0, 0.05) is 10.9 Å². The van der Waals surface area contributed by atoms with E-state index in [0.717, 1.165) is 17.5 Å². The minimum absolute atomic E-state index is 0.177. The number of fused-ring (bicyclic) bond motifs is 1. The van der Waals surface area contributed by atoms with Crippen molar-refractivity contribution in [1.82, 2.24) is 0 Å². The van der Waals surface area contributed by atoms with Crippen LogP contribution in [0.1, 0.15) is 39.8 Å². The van der Waals surface area contributed by atoms with Gasteiger partial charge >= 0.3 is 0 Å². The van der Waals surface area contributed by atoms with E-state index in [-0.39, 0.29) is 5.92 Å². The SMILES string of the molecule is Cc1cc(Cl)c(C(O)C2Cc3ccccc32)cc1C. The van der Waals surface area contributed by atoms with Crippen LogP contribution in [-0.4, -0.2) is 5.11 Å². The van der Waals surface area contributed by atoms with Crippen molar-refractivity contribution in [3.05, 3.63) is 69.2 Å². The fourth-order valence-electron chi connectivity index (χ4n) is 2.83. The molecule has 1 N–H and O–H groups in total. The first-order chi connectivity index (χ1) is 9.08. The first-order valence-corrected chi connectivity index (χ1v) is 6.98. The third-order valence-electron chi connectivity index (χ3n) is 4.21. The average molecular weight is 273 g/mol. The molecule has 2 unspecified atom stereocenters. The number of halogens is 1. The molecule has 0 radical (unpaired) electrons. The maximum atomic E-state index is 10.6. The predicted molar refractivity (Wildman–Crippen MR) is 78.8 cm³/mol. The number of aliphatic hydroxyl groups excluding tert-OH is 1. The molecular weight excluding hydrogens is 256 g/mol. The fourth-order valence-corrected chi connectivity index (χ4v) is 3.16. The van der Waals surface area contributed by atoms with Crippen molar-refractivity contribution in [2.45, 2.75) is 32.3 Å². The van der Waals surface area contributed by atoms with E-state index in [1.54, 1.807) is 0 Å². The molecule has 0 aromatic heterocycles. The van der Waals surface area contributed by atoms with E-state index >= 15 is 0 Å². The topological polar surface area (TPSA) is 20.2 Å². The van der Waals surface area contributed by atoms with E-state index in [1.807, 2.05) is 31.2 Å². The molecule has 0 fully saturated rings. The number of hydrogen-bond donors (Lipinski definition) is 1. The van der Waals surface area contributed by atoms with Gasteiger partial charge in [0.2, 0.25) is 0 Å². The van der Waals surface area contributed by atoms with E-state index in [4.69, 9.17) is 11.6 Å². The lowest BCUT2D eigenvalue weighted by atomic mass is 9.73. The molecule has 1 nitrogen and oxygen atoms in total. The summed E-state index contributed by atoms with van der Waals surface area (Å²) in [7, 11) is 0. The second kappa shape index (κ2) is 4.66. The monoisotopic (exact) mass is 272 g/mol. The van der Waals surface area contributed by atoms with Gasteiger partial charge in [-0.2, -0.15) is 0 Å². The number of benzene rings is 2. The molecule has 2 atom stereocenters. The molecule has 2 aromatic carbocycles. The first kappa shape index (κ1) is 12.7. The van der Waals surface area contributed by atoms with Gasteiger partial charge < -0.3 is 5.11 Å². The maximum absolute atomic E-state index is 10.6. The second-order valence-corrected chi connectivity index (χ2v) is 5.82. The summed E-state index contributed by atoms with van der Waals surface area (Å²) in [5, 5.41) is 11.3. The summed E-state index contributed by atoms with van der Waals surface area (Å²) in [6.07, 6.45) is 0.419. The second-order valence-electron chi connectivity index (χ2n) is 5.41. The van der Waals surface area contributed by atoms with Gasteiger partial charge in [0.25, 0.3) is 0 Å². The van der Waals surface area contributed by atoms with Crippen LogP contribution in [0, 0.1) is 13.8 Å². The summed E-state index contributed by atoms with van der Waals surface area (Å²) < 4.78 is 0. The molecule has 2 aromatic rings. The molecule has 1 aliphatic carbocycles. The zero-order valence-corrected chi connectivity index (χ0v) is 11.9. The zero-order chi connectivity index (χ0) is 13.6. The molecule has 0 aliphatic heterocycles. The highest BCUT2D eigenvalue weighted by atomic mass is 35.5. The lowest BCUT2D eigenvalue weighted by Crippen LogP contribution is -2.23. The van der Waals surface area contributed by atoms with Gasteiger partial charge in [-0.15, -0.1) is 0 Å². The summed E-state index contributed by atoms with van der Waals surface area (Å²) in [5.41, 5.74) is 5.78. The highest BCUT2D eigenvalue weighted by molar-refractivity contribution is 6.31. The summed E-state index contributed by atoms with van der Waals surface area (Å²) in [6.45, 7) is 4.09. The highest BCUT2D eigenvalue weighted by Gasteiger charge is 2.33. The fraction of sp³-hybridized carbons (Fsp3) is 0.294. The van der Waals surface area contributed by atoms with Crippen LogP contribution >= 0.6 is 11.6 Å². The van der Waals surface area contributed by atoms with E-state index in [1.165, 1.54) is 16.7 Å². The van der Waals surface area contributed by atoms with E-state index in [0.29, 0.717) is 5.02 Å². The van der Waals surface area contributed by atoms with Crippen molar-refractivity contribution in [3.63, 3.8) is 0 Å². The van der Waals surface area contributed by atoms with Gasteiger partial charge in [0.1, 0.15) is 0 Å². The van der Waals surface area contributed by atoms with Crippen molar-refractivity contribution in [1.29, 1.82) is 0 Å². The Morgan fingerprint density at radius 2 is 1.84 bits per heavy atom. The standard InChI is InChI=1S/C17H17ClO/c1-10-7-15(16(18)8-11(10)2)17(19)14-9-12-5-3-4-6-13(12)14/h3-8,14,17,19H,9H2,1-2H3.